The first-order valence-electron chi connectivity index (χ1n) is 9.99. The molecule has 0 saturated heterocycles. The molecule has 3 rings (SSSR count). The first kappa shape index (κ1) is 24.6. The number of carbonyl (C=O) groups is 3. The van der Waals surface area contributed by atoms with Crippen LogP contribution in [-0.2, 0) is 14.4 Å². The lowest BCUT2D eigenvalue weighted by Crippen LogP contribution is -2.32. The van der Waals surface area contributed by atoms with Crippen molar-refractivity contribution >= 4 is 51.2 Å². The van der Waals surface area contributed by atoms with Crippen LogP contribution in [0.5, 0.6) is 5.75 Å². The number of benzene rings is 3. The second-order valence-electron chi connectivity index (χ2n) is 7.03. The molecule has 174 valence electrons. The molecule has 0 aliphatic carbocycles. The van der Waals surface area contributed by atoms with Gasteiger partial charge in [-0.1, -0.05) is 28.1 Å². The molecule has 8 nitrogen and oxygen atoms in total. The van der Waals surface area contributed by atoms with Crippen molar-refractivity contribution in [2.75, 3.05) is 17.2 Å². The van der Waals surface area contributed by atoms with Crippen LogP contribution in [0.2, 0.25) is 0 Å². The largest absolute Gasteiger partial charge is 0.484 e. The van der Waals surface area contributed by atoms with Crippen molar-refractivity contribution < 1.29 is 23.5 Å². The monoisotopic (exact) mass is 526 g/mol. The third-order valence-corrected chi connectivity index (χ3v) is 4.87. The van der Waals surface area contributed by atoms with Crippen molar-refractivity contribution in [2.24, 2.45) is 5.10 Å². The maximum Gasteiger partial charge on any atom is 0.329 e. The Hall–Kier alpha value is -4.05. The molecule has 3 N–H and O–H groups in total. The van der Waals surface area contributed by atoms with Gasteiger partial charge in [-0.05, 0) is 72.6 Å². The van der Waals surface area contributed by atoms with Crippen LogP contribution in [0, 0.1) is 12.7 Å². The van der Waals surface area contributed by atoms with Crippen LogP contribution in [0.4, 0.5) is 15.8 Å². The van der Waals surface area contributed by atoms with Gasteiger partial charge in [-0.3, -0.25) is 14.4 Å². The van der Waals surface area contributed by atoms with E-state index in [9.17, 15) is 18.8 Å². The number of hydrogen-bond acceptors (Lipinski definition) is 5. The van der Waals surface area contributed by atoms with E-state index in [1.54, 1.807) is 30.3 Å². The highest BCUT2D eigenvalue weighted by Gasteiger charge is 2.13. The molecule has 0 atom stereocenters. The molecule has 0 bridgehead atoms. The smallest absolute Gasteiger partial charge is 0.329 e. The first-order chi connectivity index (χ1) is 16.3. The summed E-state index contributed by atoms with van der Waals surface area (Å²) in [6.45, 7) is 1.69. The van der Waals surface area contributed by atoms with Crippen molar-refractivity contribution in [1.29, 1.82) is 0 Å². The lowest BCUT2D eigenvalue weighted by Gasteiger charge is -2.10. The van der Waals surface area contributed by atoms with E-state index in [0.29, 0.717) is 17.0 Å². The Kier molecular flexibility index (Phi) is 8.47. The Morgan fingerprint density at radius 1 is 1.00 bits per heavy atom. The summed E-state index contributed by atoms with van der Waals surface area (Å²) in [5.41, 5.74) is 4.55. The predicted octanol–water partition coefficient (Wildman–Crippen LogP) is 4.00. The van der Waals surface area contributed by atoms with Gasteiger partial charge in [-0.25, -0.2) is 9.82 Å². The van der Waals surface area contributed by atoms with Gasteiger partial charge in [0.25, 0.3) is 5.91 Å². The van der Waals surface area contributed by atoms with E-state index in [2.05, 4.69) is 37.1 Å². The number of hydrogen-bond donors (Lipinski definition) is 3. The summed E-state index contributed by atoms with van der Waals surface area (Å²) in [6, 6.07) is 17.2. The standard InChI is InChI=1S/C24H20BrFN4O4/c1-15-11-17(25)5-10-21(15)29-22(31)14-34-20-4-2-3-16(12-20)13-27-30-24(33)23(32)28-19-8-6-18(26)7-9-19/h2-13H,14H2,1H3,(H,28,32)(H,29,31)(H,30,33)/b27-13-. The van der Waals surface area contributed by atoms with E-state index < -0.39 is 17.6 Å². The minimum Gasteiger partial charge on any atom is -0.484 e. The summed E-state index contributed by atoms with van der Waals surface area (Å²) in [5, 5.41) is 8.85. The first-order valence-corrected chi connectivity index (χ1v) is 10.8. The number of rotatable bonds is 7. The van der Waals surface area contributed by atoms with Crippen LogP contribution < -0.4 is 20.8 Å². The SMILES string of the molecule is Cc1cc(Br)ccc1NC(=O)COc1cccc(/C=N\NC(=O)C(=O)Nc2ccc(F)cc2)c1. The Morgan fingerprint density at radius 2 is 1.76 bits per heavy atom. The summed E-state index contributed by atoms with van der Waals surface area (Å²) in [7, 11) is 0. The van der Waals surface area contributed by atoms with Gasteiger partial charge in [0.1, 0.15) is 11.6 Å². The van der Waals surface area contributed by atoms with Crippen LogP contribution in [0.1, 0.15) is 11.1 Å². The molecule has 0 heterocycles. The molecule has 0 radical (unpaired) electrons. The molecule has 0 saturated carbocycles. The highest BCUT2D eigenvalue weighted by Crippen LogP contribution is 2.20. The molecule has 0 spiro atoms. The Balaban J connectivity index is 1.48. The summed E-state index contributed by atoms with van der Waals surface area (Å²) in [6.07, 6.45) is 1.32. The summed E-state index contributed by atoms with van der Waals surface area (Å²) >= 11 is 3.38. The molecule has 0 fully saturated rings. The Morgan fingerprint density at radius 3 is 2.50 bits per heavy atom. The third kappa shape index (κ3) is 7.52. The molecule has 0 aliphatic rings. The average Bonchev–Trinajstić information content (AvgIpc) is 2.81. The lowest BCUT2D eigenvalue weighted by molar-refractivity contribution is -0.136. The van der Waals surface area contributed by atoms with E-state index in [-0.39, 0.29) is 18.2 Å². The maximum atomic E-state index is 12.9. The second kappa shape index (κ2) is 11.7. The fourth-order valence-corrected chi connectivity index (χ4v) is 3.20. The van der Waals surface area contributed by atoms with Crippen LogP contribution in [0.15, 0.2) is 76.3 Å². The number of carbonyl (C=O) groups excluding carboxylic acids is 3. The average molecular weight is 527 g/mol. The number of halogens is 2. The van der Waals surface area contributed by atoms with Gasteiger partial charge in [0, 0.05) is 15.8 Å². The molecule has 3 aromatic carbocycles. The fourth-order valence-electron chi connectivity index (χ4n) is 2.72. The topological polar surface area (TPSA) is 109 Å². The minimum atomic E-state index is -0.993. The summed E-state index contributed by atoms with van der Waals surface area (Å²) in [4.78, 5) is 35.9. The van der Waals surface area contributed by atoms with Gasteiger partial charge in [0.15, 0.2) is 6.61 Å². The van der Waals surface area contributed by atoms with Crippen LogP contribution >= 0.6 is 15.9 Å². The zero-order valence-corrected chi connectivity index (χ0v) is 19.6. The van der Waals surface area contributed by atoms with E-state index >= 15 is 0 Å². The molecule has 3 aromatic rings. The van der Waals surface area contributed by atoms with Gasteiger partial charge < -0.3 is 15.4 Å². The summed E-state index contributed by atoms with van der Waals surface area (Å²) < 4.78 is 19.3. The number of nitrogens with zero attached hydrogens (tertiary/aromatic N) is 1. The molecule has 3 amide bonds. The van der Waals surface area contributed by atoms with Gasteiger partial charge in [0.05, 0.1) is 6.21 Å². The Bertz CT molecular complexity index is 1230. The highest BCUT2D eigenvalue weighted by atomic mass is 79.9. The normalized spacial score (nSPS) is 10.6. The molecule has 0 aromatic heterocycles. The van der Waals surface area contributed by atoms with E-state index in [0.717, 1.165) is 22.2 Å². The molecule has 0 unspecified atom stereocenters. The van der Waals surface area contributed by atoms with E-state index in [1.165, 1.54) is 18.3 Å². The van der Waals surface area contributed by atoms with Crippen molar-refractivity contribution in [1.82, 2.24) is 5.43 Å². The Labute approximate surface area is 203 Å². The van der Waals surface area contributed by atoms with Gasteiger partial charge in [-0.2, -0.15) is 5.10 Å². The van der Waals surface area contributed by atoms with Crippen LogP contribution in [0.3, 0.4) is 0 Å². The maximum absolute atomic E-state index is 12.9. The number of hydrazone groups is 1. The minimum absolute atomic E-state index is 0.198. The molecule has 34 heavy (non-hydrogen) atoms. The summed E-state index contributed by atoms with van der Waals surface area (Å²) in [5.74, 6) is -2.30. The van der Waals surface area contributed by atoms with E-state index in [1.807, 2.05) is 19.1 Å². The highest BCUT2D eigenvalue weighted by molar-refractivity contribution is 9.10. The zero-order valence-electron chi connectivity index (χ0n) is 18.0. The molecule has 0 aliphatic heterocycles. The van der Waals surface area contributed by atoms with Crippen LogP contribution in [0.25, 0.3) is 0 Å². The van der Waals surface area contributed by atoms with Crippen molar-refractivity contribution in [3.05, 3.63) is 88.1 Å². The van der Waals surface area contributed by atoms with E-state index in [4.69, 9.17) is 4.74 Å². The van der Waals surface area contributed by atoms with Crippen molar-refractivity contribution in [3.63, 3.8) is 0 Å². The quantitative estimate of drug-likeness (QED) is 0.245. The number of aryl methyl sites for hydroxylation is 1. The van der Waals surface area contributed by atoms with Crippen LogP contribution in [-0.4, -0.2) is 30.5 Å². The lowest BCUT2D eigenvalue weighted by atomic mass is 10.2. The zero-order chi connectivity index (χ0) is 24.5. The molecular weight excluding hydrogens is 507 g/mol. The van der Waals surface area contributed by atoms with Gasteiger partial charge >= 0.3 is 11.8 Å². The second-order valence-corrected chi connectivity index (χ2v) is 7.94. The number of ether oxygens (including phenoxy) is 1. The molecule has 10 heteroatoms. The molecular formula is C24H20BrFN4O4. The third-order valence-electron chi connectivity index (χ3n) is 4.38. The number of amides is 3. The predicted molar refractivity (Wildman–Crippen MR) is 130 cm³/mol. The number of anilines is 2. The van der Waals surface area contributed by atoms with Gasteiger partial charge in [-0.15, -0.1) is 0 Å². The van der Waals surface area contributed by atoms with Crippen molar-refractivity contribution in [3.8, 4) is 5.75 Å². The van der Waals surface area contributed by atoms with Gasteiger partial charge in [0.2, 0.25) is 0 Å². The number of nitrogens with one attached hydrogen (secondary N) is 3. The fraction of sp³-hybridized carbons (Fsp3) is 0.0833. The van der Waals surface area contributed by atoms with Crippen molar-refractivity contribution in [2.45, 2.75) is 6.92 Å².